The fourth-order valence-corrected chi connectivity index (χ4v) is 3.23. The zero-order valence-corrected chi connectivity index (χ0v) is 13.4. The Bertz CT molecular complexity index is 525. The minimum absolute atomic E-state index is 0.379. The highest BCUT2D eigenvalue weighted by Gasteiger charge is 2.52. The molecule has 1 spiro atoms. The van der Waals surface area contributed by atoms with Crippen molar-refractivity contribution in [3.05, 3.63) is 0 Å². The van der Waals surface area contributed by atoms with Gasteiger partial charge in [-0.3, -0.25) is 19.3 Å². The van der Waals surface area contributed by atoms with Gasteiger partial charge in [0, 0.05) is 0 Å². The summed E-state index contributed by atoms with van der Waals surface area (Å²) in [5, 5.41) is 13.7. The molecule has 1 atom stereocenters. The third-order valence-electron chi connectivity index (χ3n) is 4.83. The quantitative estimate of drug-likeness (QED) is 0.635. The summed E-state index contributed by atoms with van der Waals surface area (Å²) < 4.78 is 0. The molecule has 1 saturated carbocycles. The fraction of sp³-hybridized carbons (Fsp3) is 0.733. The van der Waals surface area contributed by atoms with E-state index < -0.39 is 36.0 Å². The Hall–Kier alpha value is -2.12. The summed E-state index contributed by atoms with van der Waals surface area (Å²) >= 11 is 0. The summed E-state index contributed by atoms with van der Waals surface area (Å²) in [7, 11) is 0. The van der Waals surface area contributed by atoms with E-state index in [2.05, 4.69) is 17.6 Å². The van der Waals surface area contributed by atoms with Gasteiger partial charge in [0.05, 0.1) is 0 Å². The smallest absolute Gasteiger partial charge is 0.325 e. The van der Waals surface area contributed by atoms with Gasteiger partial charge in [0.25, 0.3) is 5.91 Å². The molecule has 1 aliphatic carbocycles. The Morgan fingerprint density at radius 2 is 2.00 bits per heavy atom. The number of carbonyl (C=O) groups excluding carboxylic acids is 3. The van der Waals surface area contributed by atoms with E-state index in [-0.39, 0.29) is 5.91 Å². The van der Waals surface area contributed by atoms with Crippen LogP contribution in [-0.2, 0) is 14.4 Å². The van der Waals surface area contributed by atoms with Gasteiger partial charge in [-0.1, -0.05) is 13.3 Å². The molecule has 0 aromatic heterocycles. The minimum Gasteiger partial charge on any atom is -0.480 e. The summed E-state index contributed by atoms with van der Waals surface area (Å²) in [5.74, 6) is -1.65. The molecule has 3 N–H and O–H groups in total. The minimum atomic E-state index is -1.18. The molecule has 0 radical (unpaired) electrons. The number of amides is 4. The van der Waals surface area contributed by atoms with Crippen LogP contribution in [0.25, 0.3) is 0 Å². The van der Waals surface area contributed by atoms with Crippen molar-refractivity contribution in [1.82, 2.24) is 15.5 Å². The zero-order valence-electron chi connectivity index (χ0n) is 13.4. The maximum absolute atomic E-state index is 12.6. The number of imide groups is 1. The molecule has 1 saturated heterocycles. The average molecular weight is 325 g/mol. The van der Waals surface area contributed by atoms with E-state index in [1.165, 1.54) is 6.92 Å². The molecule has 23 heavy (non-hydrogen) atoms. The normalized spacial score (nSPS) is 28.6. The van der Waals surface area contributed by atoms with Crippen molar-refractivity contribution in [1.29, 1.82) is 0 Å². The lowest BCUT2D eigenvalue weighted by atomic mass is 9.75. The van der Waals surface area contributed by atoms with Crippen LogP contribution in [0.4, 0.5) is 4.79 Å². The lowest BCUT2D eigenvalue weighted by molar-refractivity contribution is -0.141. The molecule has 2 rings (SSSR count). The maximum Gasteiger partial charge on any atom is 0.325 e. The summed E-state index contributed by atoms with van der Waals surface area (Å²) in [6.07, 6.45) is 3.97. The highest BCUT2D eigenvalue weighted by molar-refractivity contribution is 6.09. The Balaban J connectivity index is 1.99. The second-order valence-corrected chi connectivity index (χ2v) is 6.38. The highest BCUT2D eigenvalue weighted by Crippen LogP contribution is 2.37. The van der Waals surface area contributed by atoms with Gasteiger partial charge in [-0.2, -0.15) is 0 Å². The second kappa shape index (κ2) is 6.55. The first kappa shape index (κ1) is 17.2. The second-order valence-electron chi connectivity index (χ2n) is 6.38. The van der Waals surface area contributed by atoms with E-state index in [9.17, 15) is 19.2 Å². The molecule has 0 aromatic carbocycles. The molecule has 128 valence electrons. The van der Waals surface area contributed by atoms with Crippen molar-refractivity contribution in [2.45, 2.75) is 57.5 Å². The zero-order chi connectivity index (χ0) is 17.2. The first-order valence-corrected chi connectivity index (χ1v) is 7.95. The van der Waals surface area contributed by atoms with Crippen molar-refractivity contribution in [2.24, 2.45) is 5.92 Å². The third kappa shape index (κ3) is 3.46. The Morgan fingerprint density at radius 3 is 2.52 bits per heavy atom. The monoisotopic (exact) mass is 325 g/mol. The van der Waals surface area contributed by atoms with Gasteiger partial charge in [0.15, 0.2) is 0 Å². The van der Waals surface area contributed by atoms with Crippen LogP contribution in [0, 0.1) is 5.92 Å². The van der Waals surface area contributed by atoms with E-state index in [1.54, 1.807) is 0 Å². The Labute approximate surface area is 134 Å². The third-order valence-corrected chi connectivity index (χ3v) is 4.83. The molecular weight excluding hydrogens is 302 g/mol. The number of carboxylic acids is 1. The molecule has 0 bridgehead atoms. The van der Waals surface area contributed by atoms with Crippen LogP contribution in [-0.4, -0.2) is 51.9 Å². The molecule has 1 aliphatic heterocycles. The number of hydrogen-bond acceptors (Lipinski definition) is 4. The van der Waals surface area contributed by atoms with E-state index in [0.29, 0.717) is 18.8 Å². The van der Waals surface area contributed by atoms with Crippen molar-refractivity contribution in [3.63, 3.8) is 0 Å². The number of urea groups is 1. The van der Waals surface area contributed by atoms with Crippen LogP contribution in [0.5, 0.6) is 0 Å². The van der Waals surface area contributed by atoms with E-state index in [4.69, 9.17) is 5.11 Å². The van der Waals surface area contributed by atoms with Gasteiger partial charge in [0.1, 0.15) is 18.1 Å². The molecule has 0 aromatic rings. The van der Waals surface area contributed by atoms with E-state index in [1.807, 2.05) is 0 Å². The van der Waals surface area contributed by atoms with Gasteiger partial charge in [-0.05, 0) is 38.5 Å². The van der Waals surface area contributed by atoms with Gasteiger partial charge >= 0.3 is 12.0 Å². The van der Waals surface area contributed by atoms with Crippen molar-refractivity contribution < 1.29 is 24.3 Å². The fourth-order valence-electron chi connectivity index (χ4n) is 3.23. The average Bonchev–Trinajstić information content (AvgIpc) is 2.72. The predicted molar refractivity (Wildman–Crippen MR) is 80.5 cm³/mol. The predicted octanol–water partition coefficient (Wildman–Crippen LogP) is 0.467. The van der Waals surface area contributed by atoms with Crippen LogP contribution in [0.2, 0.25) is 0 Å². The largest absolute Gasteiger partial charge is 0.480 e. The molecule has 1 heterocycles. The number of rotatable bonds is 5. The molecule has 0 unspecified atom stereocenters. The number of nitrogens with one attached hydrogen (secondary N) is 2. The molecular formula is C15H23N3O5. The number of aliphatic carboxylic acids is 1. The van der Waals surface area contributed by atoms with Crippen molar-refractivity contribution >= 4 is 23.8 Å². The van der Waals surface area contributed by atoms with Crippen LogP contribution in [0.3, 0.4) is 0 Å². The molecule has 8 nitrogen and oxygen atoms in total. The summed E-state index contributed by atoms with van der Waals surface area (Å²) in [6, 6.07) is -1.65. The topological polar surface area (TPSA) is 116 Å². The molecule has 2 aliphatic rings. The number of carboxylic acid groups (broad SMARTS) is 1. The molecule has 2 fully saturated rings. The van der Waals surface area contributed by atoms with Gasteiger partial charge < -0.3 is 15.7 Å². The van der Waals surface area contributed by atoms with Crippen LogP contribution >= 0.6 is 0 Å². The maximum atomic E-state index is 12.6. The standard InChI is InChI=1S/C15H23N3O5/c1-3-10-4-6-15(7-5-10)13(22)18(14(23)17-15)8-11(19)16-9(2)12(20)21/h9-10H,3-8H2,1-2H3,(H,16,19)(H,17,23)(H,20,21)/t9-,10?,15?/m1/s1. The van der Waals surface area contributed by atoms with Crippen LogP contribution in [0.15, 0.2) is 0 Å². The Morgan fingerprint density at radius 1 is 1.39 bits per heavy atom. The van der Waals surface area contributed by atoms with Gasteiger partial charge in [-0.25, -0.2) is 4.79 Å². The first-order valence-electron chi connectivity index (χ1n) is 7.95. The summed E-state index contributed by atoms with van der Waals surface area (Å²) in [5.41, 5.74) is -0.887. The molecule has 8 heteroatoms. The van der Waals surface area contributed by atoms with Gasteiger partial charge in [-0.15, -0.1) is 0 Å². The van der Waals surface area contributed by atoms with Crippen molar-refractivity contribution in [2.75, 3.05) is 6.54 Å². The number of nitrogens with zero attached hydrogens (tertiary/aromatic N) is 1. The number of carbonyl (C=O) groups is 4. The highest BCUT2D eigenvalue weighted by atomic mass is 16.4. The van der Waals surface area contributed by atoms with Crippen molar-refractivity contribution in [3.8, 4) is 0 Å². The Kier molecular flexibility index (Phi) is 4.91. The van der Waals surface area contributed by atoms with Gasteiger partial charge in [0.2, 0.25) is 5.91 Å². The summed E-state index contributed by atoms with van der Waals surface area (Å²) in [6.45, 7) is 2.97. The van der Waals surface area contributed by atoms with Crippen LogP contribution in [0.1, 0.15) is 46.0 Å². The summed E-state index contributed by atoms with van der Waals surface area (Å²) in [4.78, 5) is 48.1. The SMILES string of the molecule is CCC1CCC2(CC1)NC(=O)N(CC(=O)N[C@H](C)C(=O)O)C2=O. The first-order chi connectivity index (χ1) is 10.8. The lowest BCUT2D eigenvalue weighted by Gasteiger charge is -2.34. The van der Waals surface area contributed by atoms with E-state index >= 15 is 0 Å². The number of hydrogen-bond donors (Lipinski definition) is 3. The van der Waals surface area contributed by atoms with Crippen LogP contribution < -0.4 is 10.6 Å². The molecule has 4 amide bonds. The van der Waals surface area contributed by atoms with E-state index in [0.717, 1.165) is 24.2 Å². The lowest BCUT2D eigenvalue weighted by Crippen LogP contribution is -2.50.